The molecule has 17 heavy (non-hydrogen) atoms. The maximum atomic E-state index is 5.41. The van der Waals surface area contributed by atoms with Gasteiger partial charge in [0.2, 0.25) is 6.79 Å². The van der Waals surface area contributed by atoms with E-state index in [0.717, 1.165) is 24.0 Å². The summed E-state index contributed by atoms with van der Waals surface area (Å²) < 4.78 is 10.7. The lowest BCUT2D eigenvalue weighted by atomic mass is 10.1. The molecule has 1 fully saturated rings. The first-order chi connectivity index (χ1) is 8.24. The lowest BCUT2D eigenvalue weighted by Gasteiger charge is -2.24. The van der Waals surface area contributed by atoms with Crippen LogP contribution in [0, 0.1) is 0 Å². The van der Waals surface area contributed by atoms with Gasteiger partial charge in [-0.15, -0.1) is 0 Å². The number of rotatable bonds is 4. The molecule has 1 saturated carbocycles. The Morgan fingerprint density at radius 2 is 2.06 bits per heavy atom. The van der Waals surface area contributed by atoms with Crippen molar-refractivity contribution < 1.29 is 9.47 Å². The van der Waals surface area contributed by atoms with E-state index >= 15 is 0 Å². The molecule has 3 rings (SSSR count). The van der Waals surface area contributed by atoms with Gasteiger partial charge in [-0.2, -0.15) is 0 Å². The number of nitrogens with zero attached hydrogens (tertiary/aromatic N) is 1. The molecule has 1 atom stereocenters. The predicted octanol–water partition coefficient (Wildman–Crippen LogP) is 2.44. The minimum absolute atomic E-state index is 0.357. The Balaban J connectivity index is 1.68. The van der Waals surface area contributed by atoms with Crippen molar-refractivity contribution in [3.63, 3.8) is 0 Å². The molecule has 3 heteroatoms. The minimum atomic E-state index is 0.357. The van der Waals surface area contributed by atoms with Gasteiger partial charge in [-0.3, -0.25) is 0 Å². The molecule has 1 aromatic carbocycles. The van der Waals surface area contributed by atoms with Crippen molar-refractivity contribution in [1.29, 1.82) is 0 Å². The SMILES string of the molecule is CC(Cc1ccc2c(c1)OCO2)N(C)C1CC1. The molecule has 1 unspecified atom stereocenters. The highest BCUT2D eigenvalue weighted by atomic mass is 16.7. The van der Waals surface area contributed by atoms with Crippen LogP contribution in [0.5, 0.6) is 11.5 Å². The summed E-state index contributed by atoms with van der Waals surface area (Å²) >= 11 is 0. The summed E-state index contributed by atoms with van der Waals surface area (Å²) in [5, 5.41) is 0. The van der Waals surface area contributed by atoms with Crippen LogP contribution in [-0.2, 0) is 6.42 Å². The van der Waals surface area contributed by atoms with Crippen molar-refractivity contribution in [2.24, 2.45) is 0 Å². The predicted molar refractivity (Wildman–Crippen MR) is 66.5 cm³/mol. The van der Waals surface area contributed by atoms with Crippen LogP contribution in [0.4, 0.5) is 0 Å². The fourth-order valence-electron chi connectivity index (χ4n) is 2.39. The number of hydrogen-bond donors (Lipinski definition) is 0. The molecule has 92 valence electrons. The lowest BCUT2D eigenvalue weighted by molar-refractivity contribution is 0.174. The quantitative estimate of drug-likeness (QED) is 0.797. The molecule has 3 nitrogen and oxygen atoms in total. The molecule has 0 amide bonds. The molecule has 1 aliphatic carbocycles. The second-order valence-corrected chi connectivity index (χ2v) is 5.14. The van der Waals surface area contributed by atoms with E-state index in [2.05, 4.69) is 31.0 Å². The third-order valence-electron chi connectivity index (χ3n) is 3.79. The van der Waals surface area contributed by atoms with Crippen LogP contribution in [0.2, 0.25) is 0 Å². The maximum Gasteiger partial charge on any atom is 0.231 e. The van der Waals surface area contributed by atoms with Crippen molar-refractivity contribution >= 4 is 0 Å². The van der Waals surface area contributed by atoms with Crippen LogP contribution >= 0.6 is 0 Å². The Morgan fingerprint density at radius 1 is 1.29 bits per heavy atom. The number of fused-ring (bicyclic) bond motifs is 1. The zero-order valence-electron chi connectivity index (χ0n) is 10.5. The Labute approximate surface area is 102 Å². The molecule has 0 bridgehead atoms. The fourth-order valence-corrected chi connectivity index (χ4v) is 2.39. The Kier molecular flexibility index (Phi) is 2.71. The third kappa shape index (κ3) is 2.25. The second-order valence-electron chi connectivity index (χ2n) is 5.14. The van der Waals surface area contributed by atoms with Crippen LogP contribution in [0.25, 0.3) is 0 Å². The zero-order valence-corrected chi connectivity index (χ0v) is 10.5. The van der Waals surface area contributed by atoms with Crippen LogP contribution in [-0.4, -0.2) is 30.8 Å². The highest BCUT2D eigenvalue weighted by Gasteiger charge is 2.29. The van der Waals surface area contributed by atoms with E-state index in [0.29, 0.717) is 12.8 Å². The lowest BCUT2D eigenvalue weighted by Crippen LogP contribution is -2.32. The van der Waals surface area contributed by atoms with E-state index in [4.69, 9.17) is 9.47 Å². The number of ether oxygens (including phenoxy) is 2. The summed E-state index contributed by atoms with van der Waals surface area (Å²) in [6, 6.07) is 7.67. The standard InChI is InChI=1S/C14H19NO2/c1-10(15(2)12-4-5-12)7-11-3-6-13-14(8-11)17-9-16-13/h3,6,8,10,12H,4-5,7,9H2,1-2H3. The van der Waals surface area contributed by atoms with Crippen molar-refractivity contribution in [3.8, 4) is 11.5 Å². The average molecular weight is 233 g/mol. The normalized spacial score (nSPS) is 19.7. The van der Waals surface area contributed by atoms with Gasteiger partial charge in [0.25, 0.3) is 0 Å². The smallest absolute Gasteiger partial charge is 0.231 e. The molecule has 1 heterocycles. The van der Waals surface area contributed by atoms with Crippen LogP contribution < -0.4 is 9.47 Å². The number of hydrogen-bond acceptors (Lipinski definition) is 3. The largest absolute Gasteiger partial charge is 0.454 e. The van der Waals surface area contributed by atoms with Gasteiger partial charge in [-0.05, 0) is 50.9 Å². The van der Waals surface area contributed by atoms with Gasteiger partial charge in [0.1, 0.15) is 0 Å². The van der Waals surface area contributed by atoms with Gasteiger partial charge < -0.3 is 14.4 Å². The highest BCUT2D eigenvalue weighted by Crippen LogP contribution is 2.33. The van der Waals surface area contributed by atoms with Crippen molar-refractivity contribution in [2.45, 2.75) is 38.3 Å². The summed E-state index contributed by atoms with van der Waals surface area (Å²) in [4.78, 5) is 2.49. The van der Waals surface area contributed by atoms with E-state index in [1.54, 1.807) is 0 Å². The molecule has 0 N–H and O–H groups in total. The molecular weight excluding hydrogens is 214 g/mol. The van der Waals surface area contributed by atoms with E-state index < -0.39 is 0 Å². The molecule has 0 spiro atoms. The van der Waals surface area contributed by atoms with E-state index in [9.17, 15) is 0 Å². The summed E-state index contributed by atoms with van der Waals surface area (Å²) in [5.41, 5.74) is 1.33. The average Bonchev–Trinajstić information content (AvgIpc) is 3.07. The van der Waals surface area contributed by atoms with Crippen molar-refractivity contribution in [1.82, 2.24) is 4.90 Å². The monoisotopic (exact) mass is 233 g/mol. The summed E-state index contributed by atoms with van der Waals surface area (Å²) in [5.74, 6) is 1.76. The first-order valence-electron chi connectivity index (χ1n) is 6.34. The molecule has 1 aromatic rings. The fraction of sp³-hybridized carbons (Fsp3) is 0.571. The topological polar surface area (TPSA) is 21.7 Å². The second kappa shape index (κ2) is 4.22. The number of likely N-dealkylation sites (N-methyl/N-ethyl adjacent to an activating group) is 1. The molecular formula is C14H19NO2. The number of benzene rings is 1. The zero-order chi connectivity index (χ0) is 11.8. The highest BCUT2D eigenvalue weighted by molar-refractivity contribution is 5.44. The van der Waals surface area contributed by atoms with Gasteiger partial charge in [-0.1, -0.05) is 6.07 Å². The van der Waals surface area contributed by atoms with E-state index in [-0.39, 0.29) is 0 Å². The Hall–Kier alpha value is -1.22. The molecule has 0 saturated heterocycles. The van der Waals surface area contributed by atoms with E-state index in [1.807, 2.05) is 6.07 Å². The van der Waals surface area contributed by atoms with Crippen molar-refractivity contribution in [3.05, 3.63) is 23.8 Å². The summed E-state index contributed by atoms with van der Waals surface area (Å²) in [7, 11) is 2.23. The summed E-state index contributed by atoms with van der Waals surface area (Å²) in [6.45, 7) is 2.65. The Morgan fingerprint density at radius 3 is 2.82 bits per heavy atom. The van der Waals surface area contributed by atoms with Crippen LogP contribution in [0.15, 0.2) is 18.2 Å². The third-order valence-corrected chi connectivity index (χ3v) is 3.79. The first kappa shape index (κ1) is 10.9. The van der Waals surface area contributed by atoms with Gasteiger partial charge in [0.05, 0.1) is 0 Å². The summed E-state index contributed by atoms with van der Waals surface area (Å²) in [6.07, 6.45) is 3.80. The molecule has 1 aliphatic heterocycles. The van der Waals surface area contributed by atoms with Gasteiger partial charge >= 0.3 is 0 Å². The van der Waals surface area contributed by atoms with Gasteiger partial charge in [0, 0.05) is 12.1 Å². The molecule has 2 aliphatic rings. The van der Waals surface area contributed by atoms with E-state index in [1.165, 1.54) is 18.4 Å². The van der Waals surface area contributed by atoms with Crippen LogP contribution in [0.3, 0.4) is 0 Å². The minimum Gasteiger partial charge on any atom is -0.454 e. The van der Waals surface area contributed by atoms with Crippen molar-refractivity contribution in [2.75, 3.05) is 13.8 Å². The molecule has 0 aromatic heterocycles. The molecule has 0 radical (unpaired) electrons. The Bertz CT molecular complexity index is 415. The van der Waals surface area contributed by atoms with Gasteiger partial charge in [-0.25, -0.2) is 0 Å². The first-order valence-corrected chi connectivity index (χ1v) is 6.34. The maximum absolute atomic E-state index is 5.41. The van der Waals surface area contributed by atoms with Gasteiger partial charge in [0.15, 0.2) is 11.5 Å². The van der Waals surface area contributed by atoms with Crippen LogP contribution in [0.1, 0.15) is 25.3 Å².